The lowest BCUT2D eigenvalue weighted by Gasteiger charge is -2.19. The molecule has 0 unspecified atom stereocenters. The van der Waals surface area contributed by atoms with Crippen molar-refractivity contribution in [1.82, 2.24) is 5.32 Å². The number of benzene rings is 2. The molecule has 0 aliphatic carbocycles. The zero-order chi connectivity index (χ0) is 24.2. The fraction of sp³-hybridized carbons (Fsp3) is 0.333. The largest absolute Gasteiger partial charge is 0.475 e. The van der Waals surface area contributed by atoms with Gasteiger partial charge in [0.15, 0.2) is 5.78 Å². The summed E-state index contributed by atoms with van der Waals surface area (Å²) >= 11 is 0. The number of carbonyl (C=O) groups excluding carboxylic acids is 2. The van der Waals surface area contributed by atoms with Gasteiger partial charge in [-0.05, 0) is 43.4 Å². The first-order valence-corrected chi connectivity index (χ1v) is 11.5. The van der Waals surface area contributed by atoms with Crippen molar-refractivity contribution in [3.05, 3.63) is 83.5 Å². The van der Waals surface area contributed by atoms with Crippen LogP contribution in [0.15, 0.2) is 77.9 Å². The standard InChI is InChI=1S/C27H34BNO4/c1-4-10-21(17-20(3)5-2)18-26(28(32)33)29-27(31)16-15-25(30)24-14-9-13-23(19-24)22-11-7-6-8-12-22/h6-14,17,19,26,32-33H,4-5,15-16,18H2,1-3H3,(H,29,31)/b20-17+,21-10+/t26-/m0/s1. The van der Waals surface area contributed by atoms with E-state index in [2.05, 4.69) is 12.2 Å². The highest BCUT2D eigenvalue weighted by atomic mass is 16.4. The van der Waals surface area contributed by atoms with Crippen LogP contribution in [-0.4, -0.2) is 34.8 Å². The molecule has 2 aromatic carbocycles. The number of Topliss-reactive ketones (excluding diaryl/α,β-unsaturated/α-hetero) is 1. The van der Waals surface area contributed by atoms with Gasteiger partial charge in [0, 0.05) is 18.4 Å². The molecule has 0 fully saturated rings. The van der Waals surface area contributed by atoms with Crippen molar-refractivity contribution in [2.24, 2.45) is 0 Å². The Morgan fingerprint density at radius 3 is 2.33 bits per heavy atom. The van der Waals surface area contributed by atoms with Crippen LogP contribution >= 0.6 is 0 Å². The van der Waals surface area contributed by atoms with Crippen LogP contribution in [-0.2, 0) is 4.79 Å². The van der Waals surface area contributed by atoms with Gasteiger partial charge in [-0.2, -0.15) is 0 Å². The average molecular weight is 447 g/mol. The maximum atomic E-state index is 12.7. The molecule has 0 aromatic heterocycles. The first-order valence-electron chi connectivity index (χ1n) is 11.5. The Hall–Kier alpha value is -2.96. The lowest BCUT2D eigenvalue weighted by atomic mass is 9.75. The third-order valence-corrected chi connectivity index (χ3v) is 5.49. The quantitative estimate of drug-likeness (QED) is 0.246. The molecule has 1 atom stereocenters. The van der Waals surface area contributed by atoms with Gasteiger partial charge in [-0.15, -0.1) is 0 Å². The second-order valence-corrected chi connectivity index (χ2v) is 8.19. The van der Waals surface area contributed by atoms with Gasteiger partial charge in [-0.1, -0.05) is 85.7 Å². The Bertz CT molecular complexity index is 983. The summed E-state index contributed by atoms with van der Waals surface area (Å²) in [5.74, 6) is -1.35. The van der Waals surface area contributed by atoms with Crippen molar-refractivity contribution in [3.8, 4) is 11.1 Å². The molecule has 0 saturated carbocycles. The number of rotatable bonds is 12. The zero-order valence-corrected chi connectivity index (χ0v) is 19.8. The highest BCUT2D eigenvalue weighted by molar-refractivity contribution is 6.43. The molecule has 6 heteroatoms. The third-order valence-electron chi connectivity index (χ3n) is 5.49. The molecule has 0 radical (unpaired) electrons. The highest BCUT2D eigenvalue weighted by Gasteiger charge is 2.26. The number of carbonyl (C=O) groups is 2. The van der Waals surface area contributed by atoms with Crippen molar-refractivity contribution < 1.29 is 19.6 Å². The Morgan fingerprint density at radius 2 is 1.70 bits per heavy atom. The maximum Gasteiger partial charge on any atom is 0.475 e. The molecule has 0 aliphatic rings. The summed E-state index contributed by atoms with van der Waals surface area (Å²) in [6.45, 7) is 6.09. The molecular weight excluding hydrogens is 413 g/mol. The van der Waals surface area contributed by atoms with Gasteiger partial charge in [0.25, 0.3) is 0 Å². The monoisotopic (exact) mass is 447 g/mol. The molecule has 0 heterocycles. The number of amides is 1. The molecular formula is C27H34BNO4. The highest BCUT2D eigenvalue weighted by Crippen LogP contribution is 2.21. The minimum Gasteiger partial charge on any atom is -0.426 e. The lowest BCUT2D eigenvalue weighted by molar-refractivity contribution is -0.121. The van der Waals surface area contributed by atoms with Crippen LogP contribution in [0.2, 0.25) is 0 Å². The van der Waals surface area contributed by atoms with Crippen LogP contribution in [0, 0.1) is 0 Å². The summed E-state index contributed by atoms with van der Waals surface area (Å²) in [6, 6.07) is 17.2. The summed E-state index contributed by atoms with van der Waals surface area (Å²) in [5, 5.41) is 22.3. The summed E-state index contributed by atoms with van der Waals surface area (Å²) in [6.07, 6.45) is 6.08. The van der Waals surface area contributed by atoms with E-state index >= 15 is 0 Å². The average Bonchev–Trinajstić information content (AvgIpc) is 2.82. The SMILES string of the molecule is CC/C=C(\C=C(/C)CC)C[C@H](NC(=O)CCC(=O)c1cccc(-c2ccccc2)c1)B(O)O. The number of hydrogen-bond acceptors (Lipinski definition) is 4. The predicted molar refractivity (Wildman–Crippen MR) is 135 cm³/mol. The van der Waals surface area contributed by atoms with E-state index in [-0.39, 0.29) is 24.5 Å². The first-order chi connectivity index (χ1) is 15.8. The van der Waals surface area contributed by atoms with Gasteiger partial charge in [0.1, 0.15) is 0 Å². The Balaban J connectivity index is 1.98. The topological polar surface area (TPSA) is 86.6 Å². The summed E-state index contributed by atoms with van der Waals surface area (Å²) in [4.78, 5) is 25.2. The second-order valence-electron chi connectivity index (χ2n) is 8.19. The molecule has 2 rings (SSSR count). The number of ketones is 1. The van der Waals surface area contributed by atoms with E-state index in [1.165, 1.54) is 5.57 Å². The van der Waals surface area contributed by atoms with Gasteiger partial charge >= 0.3 is 7.12 Å². The second kappa shape index (κ2) is 13.6. The zero-order valence-electron chi connectivity index (χ0n) is 19.8. The van der Waals surface area contributed by atoms with Crippen LogP contribution < -0.4 is 5.32 Å². The molecule has 174 valence electrons. The van der Waals surface area contributed by atoms with Crippen LogP contribution in [0.5, 0.6) is 0 Å². The minimum absolute atomic E-state index is 0.0196. The van der Waals surface area contributed by atoms with E-state index in [9.17, 15) is 19.6 Å². The van der Waals surface area contributed by atoms with E-state index < -0.39 is 13.1 Å². The molecule has 33 heavy (non-hydrogen) atoms. The molecule has 0 spiro atoms. The molecule has 5 nitrogen and oxygen atoms in total. The summed E-state index contributed by atoms with van der Waals surface area (Å²) < 4.78 is 0. The van der Waals surface area contributed by atoms with Crippen molar-refractivity contribution in [3.63, 3.8) is 0 Å². The number of nitrogens with one attached hydrogen (secondary N) is 1. The third kappa shape index (κ3) is 8.83. The maximum absolute atomic E-state index is 12.7. The molecule has 0 bridgehead atoms. The Labute approximate surface area is 197 Å². The van der Waals surface area contributed by atoms with E-state index in [4.69, 9.17) is 0 Å². The number of hydrogen-bond donors (Lipinski definition) is 3. The molecule has 0 saturated heterocycles. The molecule has 0 aliphatic heterocycles. The van der Waals surface area contributed by atoms with Crippen LogP contribution in [0.3, 0.4) is 0 Å². The van der Waals surface area contributed by atoms with Gasteiger partial charge < -0.3 is 15.4 Å². The lowest BCUT2D eigenvalue weighted by Crippen LogP contribution is -2.46. The van der Waals surface area contributed by atoms with Crippen LogP contribution in [0.4, 0.5) is 0 Å². The fourth-order valence-corrected chi connectivity index (χ4v) is 3.52. The van der Waals surface area contributed by atoms with E-state index in [1.54, 1.807) is 6.07 Å². The van der Waals surface area contributed by atoms with Crippen molar-refractivity contribution >= 4 is 18.8 Å². The van der Waals surface area contributed by atoms with Crippen molar-refractivity contribution in [1.29, 1.82) is 0 Å². The van der Waals surface area contributed by atoms with E-state index in [0.29, 0.717) is 12.0 Å². The fourth-order valence-electron chi connectivity index (χ4n) is 3.52. The summed E-state index contributed by atoms with van der Waals surface area (Å²) in [5.41, 5.74) is 4.64. The van der Waals surface area contributed by atoms with Gasteiger partial charge in [0.05, 0.1) is 5.94 Å². The first kappa shape index (κ1) is 26.3. The van der Waals surface area contributed by atoms with E-state index in [1.807, 2.05) is 74.5 Å². The van der Waals surface area contributed by atoms with Crippen molar-refractivity contribution in [2.75, 3.05) is 0 Å². The van der Waals surface area contributed by atoms with E-state index in [0.717, 1.165) is 29.5 Å². The Morgan fingerprint density at radius 1 is 1.00 bits per heavy atom. The van der Waals surface area contributed by atoms with Gasteiger partial charge in [0.2, 0.25) is 5.91 Å². The predicted octanol–water partition coefficient (Wildman–Crippen LogP) is 4.90. The van der Waals surface area contributed by atoms with Crippen molar-refractivity contribution in [2.45, 2.75) is 58.8 Å². The van der Waals surface area contributed by atoms with Crippen LogP contribution in [0.25, 0.3) is 11.1 Å². The Kier molecular flexibility index (Phi) is 10.8. The molecule has 1 amide bonds. The van der Waals surface area contributed by atoms with Gasteiger partial charge in [-0.3, -0.25) is 9.59 Å². The van der Waals surface area contributed by atoms with Gasteiger partial charge in [-0.25, -0.2) is 0 Å². The smallest absolute Gasteiger partial charge is 0.426 e. The van der Waals surface area contributed by atoms with Crippen LogP contribution in [0.1, 0.15) is 63.2 Å². The molecule has 3 N–H and O–H groups in total. The minimum atomic E-state index is -1.69. The molecule has 2 aromatic rings. The summed E-state index contributed by atoms with van der Waals surface area (Å²) in [7, 11) is -1.69. The normalized spacial score (nSPS) is 12.9. The number of allylic oxidation sites excluding steroid dienone is 3.